The molecule has 2 nitrogen and oxygen atoms in total. The van der Waals surface area contributed by atoms with Crippen LogP contribution in [-0.4, -0.2) is 13.7 Å². The average Bonchev–Trinajstić information content (AvgIpc) is 2.80. The highest BCUT2D eigenvalue weighted by Crippen LogP contribution is 2.37. The van der Waals surface area contributed by atoms with E-state index in [0.29, 0.717) is 0 Å². The van der Waals surface area contributed by atoms with Gasteiger partial charge in [-0.2, -0.15) is 0 Å². The lowest BCUT2D eigenvalue weighted by Gasteiger charge is -2.18. The number of rotatable bonds is 3. The van der Waals surface area contributed by atoms with Crippen molar-refractivity contribution in [3.05, 3.63) is 29.3 Å². The van der Waals surface area contributed by atoms with Crippen LogP contribution < -0.4 is 10.1 Å². The van der Waals surface area contributed by atoms with Gasteiger partial charge in [0.15, 0.2) is 0 Å². The van der Waals surface area contributed by atoms with Gasteiger partial charge in [0.25, 0.3) is 5.92 Å². The lowest BCUT2D eigenvalue weighted by atomic mass is 9.99. The number of hydrogen-bond acceptors (Lipinski definition) is 2. The molecular weight excluding hydrogens is 224 g/mol. The van der Waals surface area contributed by atoms with Crippen LogP contribution in [0.2, 0.25) is 0 Å². The monoisotopic (exact) mass is 241 g/mol. The van der Waals surface area contributed by atoms with Gasteiger partial charge < -0.3 is 10.1 Å². The van der Waals surface area contributed by atoms with E-state index in [1.54, 1.807) is 12.1 Å². The van der Waals surface area contributed by atoms with Gasteiger partial charge in [-0.25, -0.2) is 8.78 Å². The molecule has 0 amide bonds. The fraction of sp³-hybridized carbons (Fsp3) is 0.538. The van der Waals surface area contributed by atoms with Gasteiger partial charge in [0, 0.05) is 13.0 Å². The van der Waals surface area contributed by atoms with Crippen molar-refractivity contribution in [2.24, 2.45) is 0 Å². The van der Waals surface area contributed by atoms with Crippen molar-refractivity contribution in [1.29, 1.82) is 0 Å². The van der Waals surface area contributed by atoms with Gasteiger partial charge in [-0.1, -0.05) is 6.07 Å². The van der Waals surface area contributed by atoms with E-state index in [2.05, 4.69) is 5.32 Å². The summed E-state index contributed by atoms with van der Waals surface area (Å²) in [5.74, 6) is -2.63. The number of methoxy groups -OCH3 is 1. The van der Waals surface area contributed by atoms with Crippen LogP contribution in [0.15, 0.2) is 18.2 Å². The maximum Gasteiger partial charge on any atom is 0.274 e. The molecule has 0 saturated carbocycles. The molecule has 0 aromatic heterocycles. The molecule has 1 aliphatic heterocycles. The third kappa shape index (κ3) is 2.57. The van der Waals surface area contributed by atoms with Crippen molar-refractivity contribution >= 4 is 0 Å². The molecule has 1 aromatic carbocycles. The van der Waals surface area contributed by atoms with Crippen LogP contribution in [0.1, 0.15) is 36.9 Å². The van der Waals surface area contributed by atoms with E-state index in [1.807, 2.05) is 6.07 Å². The van der Waals surface area contributed by atoms with E-state index in [-0.39, 0.29) is 17.4 Å². The smallest absolute Gasteiger partial charge is 0.274 e. The summed E-state index contributed by atoms with van der Waals surface area (Å²) in [6, 6.07) is 5.24. The lowest BCUT2D eigenvalue weighted by molar-refractivity contribution is 0.0149. The molecule has 0 bridgehead atoms. The first-order chi connectivity index (χ1) is 8.02. The van der Waals surface area contributed by atoms with Crippen molar-refractivity contribution < 1.29 is 13.5 Å². The van der Waals surface area contributed by atoms with Crippen LogP contribution in [0, 0.1) is 0 Å². The minimum atomic E-state index is -2.88. The third-order valence-corrected chi connectivity index (χ3v) is 3.16. The summed E-state index contributed by atoms with van der Waals surface area (Å²) in [5.41, 5.74) is 0.881. The second kappa shape index (κ2) is 4.61. The summed E-state index contributed by atoms with van der Waals surface area (Å²) in [7, 11) is 1.41. The Hall–Kier alpha value is -1.16. The first-order valence-corrected chi connectivity index (χ1v) is 5.82. The summed E-state index contributed by atoms with van der Waals surface area (Å²) in [5, 5.41) is 3.30. The Labute approximate surface area is 100.0 Å². The minimum absolute atomic E-state index is 0.0359. The van der Waals surface area contributed by atoms with E-state index in [9.17, 15) is 8.78 Å². The number of halogens is 2. The van der Waals surface area contributed by atoms with Crippen molar-refractivity contribution in [3.8, 4) is 5.75 Å². The first-order valence-electron chi connectivity index (χ1n) is 5.82. The highest BCUT2D eigenvalue weighted by Gasteiger charge is 2.30. The predicted octanol–water partition coefficient (Wildman–Crippen LogP) is 3.23. The largest absolute Gasteiger partial charge is 0.496 e. The van der Waals surface area contributed by atoms with Crippen molar-refractivity contribution in [2.75, 3.05) is 13.7 Å². The number of hydrogen-bond donors (Lipinski definition) is 1. The van der Waals surface area contributed by atoms with Gasteiger partial charge in [-0.05, 0) is 37.1 Å². The van der Waals surface area contributed by atoms with E-state index in [1.165, 1.54) is 7.11 Å². The van der Waals surface area contributed by atoms with Gasteiger partial charge in [0.05, 0.1) is 12.7 Å². The zero-order valence-electron chi connectivity index (χ0n) is 10.1. The molecule has 4 heteroatoms. The maximum absolute atomic E-state index is 13.5. The molecule has 1 atom stereocenters. The molecule has 0 radical (unpaired) electrons. The van der Waals surface area contributed by atoms with Crippen LogP contribution in [0.5, 0.6) is 5.75 Å². The lowest BCUT2D eigenvalue weighted by Crippen LogP contribution is -2.15. The number of nitrogens with one attached hydrogen (secondary N) is 1. The average molecular weight is 241 g/mol. The van der Waals surface area contributed by atoms with Gasteiger partial charge in [0.2, 0.25) is 0 Å². The molecule has 0 spiro atoms. The number of benzene rings is 1. The molecule has 1 fully saturated rings. The first kappa shape index (κ1) is 12.3. The quantitative estimate of drug-likeness (QED) is 0.877. The minimum Gasteiger partial charge on any atom is -0.496 e. The molecule has 0 aliphatic carbocycles. The molecule has 1 aromatic rings. The van der Waals surface area contributed by atoms with E-state index in [0.717, 1.165) is 31.9 Å². The Bertz CT molecular complexity index is 395. The van der Waals surface area contributed by atoms with E-state index in [4.69, 9.17) is 4.74 Å². The zero-order valence-corrected chi connectivity index (χ0v) is 10.1. The summed E-state index contributed by atoms with van der Waals surface area (Å²) >= 11 is 0. The molecule has 1 aliphatic rings. The van der Waals surface area contributed by atoms with Crippen LogP contribution in [-0.2, 0) is 5.92 Å². The van der Waals surface area contributed by atoms with Crippen LogP contribution in [0.25, 0.3) is 0 Å². The third-order valence-electron chi connectivity index (χ3n) is 3.16. The Balaban J connectivity index is 2.37. The predicted molar refractivity (Wildman–Crippen MR) is 62.5 cm³/mol. The molecule has 1 heterocycles. The van der Waals surface area contributed by atoms with Gasteiger partial charge >= 0.3 is 0 Å². The van der Waals surface area contributed by atoms with E-state index >= 15 is 0 Å². The second-order valence-corrected chi connectivity index (χ2v) is 4.50. The van der Waals surface area contributed by atoms with Crippen LogP contribution >= 0.6 is 0 Å². The molecule has 1 unspecified atom stereocenters. The Morgan fingerprint density at radius 3 is 2.71 bits per heavy atom. The van der Waals surface area contributed by atoms with Gasteiger partial charge in [0.1, 0.15) is 5.75 Å². The maximum atomic E-state index is 13.5. The number of alkyl halides is 2. The normalized spacial score (nSPS) is 20.6. The molecule has 1 N–H and O–H groups in total. The highest BCUT2D eigenvalue weighted by molar-refractivity contribution is 5.41. The molecule has 2 rings (SSSR count). The zero-order chi connectivity index (χ0) is 12.5. The molecule has 94 valence electrons. The van der Waals surface area contributed by atoms with Gasteiger partial charge in [-0.15, -0.1) is 0 Å². The molecule has 1 saturated heterocycles. The summed E-state index contributed by atoms with van der Waals surface area (Å²) < 4.78 is 31.9. The summed E-state index contributed by atoms with van der Waals surface area (Å²) in [6.07, 6.45) is 2.09. The Morgan fingerprint density at radius 1 is 1.41 bits per heavy atom. The topological polar surface area (TPSA) is 21.3 Å². The van der Waals surface area contributed by atoms with Crippen LogP contribution in [0.4, 0.5) is 8.78 Å². The highest BCUT2D eigenvalue weighted by atomic mass is 19.3. The van der Waals surface area contributed by atoms with Crippen molar-refractivity contribution in [1.82, 2.24) is 5.32 Å². The van der Waals surface area contributed by atoms with Crippen molar-refractivity contribution in [3.63, 3.8) is 0 Å². The fourth-order valence-corrected chi connectivity index (χ4v) is 2.25. The van der Waals surface area contributed by atoms with Crippen molar-refractivity contribution in [2.45, 2.75) is 31.7 Å². The SMILES string of the molecule is COc1ccc(C2CCCN2)cc1C(C)(F)F. The molecule has 17 heavy (non-hydrogen) atoms. The summed E-state index contributed by atoms with van der Waals surface area (Å²) in [4.78, 5) is 0. The molecular formula is C13H17F2NO. The Kier molecular flexibility index (Phi) is 3.33. The Morgan fingerprint density at radius 2 is 2.18 bits per heavy atom. The number of ether oxygens (including phenoxy) is 1. The van der Waals surface area contributed by atoms with Crippen LogP contribution in [0.3, 0.4) is 0 Å². The fourth-order valence-electron chi connectivity index (χ4n) is 2.25. The van der Waals surface area contributed by atoms with E-state index < -0.39 is 5.92 Å². The second-order valence-electron chi connectivity index (χ2n) is 4.50. The van der Waals surface area contributed by atoms with Gasteiger partial charge in [-0.3, -0.25) is 0 Å². The summed E-state index contributed by atoms with van der Waals surface area (Å²) in [6.45, 7) is 1.85. The standard InChI is InChI=1S/C13H17F2NO/c1-13(14,15)10-8-9(5-6-12(10)17-2)11-4-3-7-16-11/h5-6,8,11,16H,3-4,7H2,1-2H3.